The molecule has 3 aliphatic heterocycles. The molecule has 0 bridgehead atoms. The summed E-state index contributed by atoms with van der Waals surface area (Å²) in [6.07, 6.45) is 10.9. The number of pyridine rings is 1. The molecule has 1 amide bonds. The van der Waals surface area contributed by atoms with E-state index < -0.39 is 6.17 Å². The topological polar surface area (TPSA) is 66.3 Å². The molecule has 0 aromatic carbocycles. The molecule has 1 fully saturated rings. The molecule has 3 aliphatic rings. The van der Waals surface area contributed by atoms with Gasteiger partial charge < -0.3 is 20.7 Å². The van der Waals surface area contributed by atoms with Crippen molar-refractivity contribution in [2.24, 2.45) is 0 Å². The van der Waals surface area contributed by atoms with Gasteiger partial charge in [0, 0.05) is 42.8 Å². The highest BCUT2D eigenvalue weighted by atomic mass is 16.5. The lowest BCUT2D eigenvalue weighted by atomic mass is 9.94. The molecule has 1 aromatic heterocycles. The Balaban J connectivity index is 1.58. The van der Waals surface area contributed by atoms with Crippen molar-refractivity contribution in [1.82, 2.24) is 16.0 Å². The second-order valence-corrected chi connectivity index (χ2v) is 7.51. The van der Waals surface area contributed by atoms with Crippen molar-refractivity contribution >= 4 is 11.6 Å². The number of nitrogens with zero attached hydrogens (tertiary/aromatic N) is 1. The van der Waals surface area contributed by atoms with Crippen molar-refractivity contribution in [2.45, 2.75) is 44.5 Å². The van der Waals surface area contributed by atoms with Crippen LogP contribution in [0, 0.1) is 0 Å². The molecular formula is C20H25N4O2+. The van der Waals surface area contributed by atoms with Crippen LogP contribution in [0.4, 0.5) is 0 Å². The molecule has 0 aliphatic carbocycles. The van der Waals surface area contributed by atoms with Crippen LogP contribution in [0.15, 0.2) is 54.5 Å². The Morgan fingerprint density at radius 3 is 2.88 bits per heavy atom. The Labute approximate surface area is 153 Å². The first-order valence-electron chi connectivity index (χ1n) is 9.08. The number of hydrogen-bond donors (Lipinski definition) is 3. The molecule has 0 spiro atoms. The van der Waals surface area contributed by atoms with Gasteiger partial charge in [-0.1, -0.05) is 0 Å². The molecule has 2 unspecified atom stereocenters. The third kappa shape index (κ3) is 3.24. The monoisotopic (exact) mass is 353 g/mol. The standard InChI is InChI=1S/C20H24N4O2/c1-20(2)13-15(8-12-26-20)22-19(25)18-23-17(14-6-9-21-10-7-14)16-5-3-4-11-24(16)18/h3-7,9-11,15,18,23H,8,12-13H2,1-2H3,(H,22,25)/p+1. The van der Waals surface area contributed by atoms with E-state index in [1.807, 2.05) is 53.5 Å². The van der Waals surface area contributed by atoms with E-state index in [1.54, 1.807) is 0 Å². The van der Waals surface area contributed by atoms with Crippen LogP contribution in [0.2, 0.25) is 0 Å². The fourth-order valence-electron chi connectivity index (χ4n) is 3.79. The quantitative estimate of drug-likeness (QED) is 0.705. The van der Waals surface area contributed by atoms with Gasteiger partial charge in [-0.2, -0.15) is 4.57 Å². The lowest BCUT2D eigenvalue weighted by Gasteiger charge is -2.35. The summed E-state index contributed by atoms with van der Waals surface area (Å²) in [4.78, 5) is 13.0. The second kappa shape index (κ2) is 6.61. The van der Waals surface area contributed by atoms with E-state index in [1.165, 1.54) is 0 Å². The maximum absolute atomic E-state index is 13.0. The van der Waals surface area contributed by atoms with Crippen molar-refractivity contribution in [3.63, 3.8) is 0 Å². The number of carbonyl (C=O) groups is 1. The summed E-state index contributed by atoms with van der Waals surface area (Å²) in [5.41, 5.74) is 2.83. The minimum absolute atomic E-state index is 0.0114. The number of hydrogen-bond acceptors (Lipinski definition) is 4. The van der Waals surface area contributed by atoms with Gasteiger partial charge in [-0.3, -0.25) is 4.79 Å². The molecule has 1 saturated heterocycles. The lowest BCUT2D eigenvalue weighted by molar-refractivity contribution is -0.705. The number of ether oxygens (including phenoxy) is 1. The summed E-state index contributed by atoms with van der Waals surface area (Å²) < 4.78 is 7.75. The summed E-state index contributed by atoms with van der Waals surface area (Å²) in [6, 6.07) is 6.11. The first kappa shape index (κ1) is 16.8. The van der Waals surface area contributed by atoms with E-state index in [9.17, 15) is 4.79 Å². The highest BCUT2D eigenvalue weighted by molar-refractivity contribution is 5.83. The van der Waals surface area contributed by atoms with E-state index in [2.05, 4.69) is 29.8 Å². The first-order chi connectivity index (χ1) is 12.5. The lowest BCUT2D eigenvalue weighted by Crippen LogP contribution is -2.54. The van der Waals surface area contributed by atoms with Crippen molar-refractivity contribution in [3.05, 3.63) is 60.2 Å². The number of dihydropyridines is 1. The fourth-order valence-corrected chi connectivity index (χ4v) is 3.79. The van der Waals surface area contributed by atoms with Crippen LogP contribution in [0.3, 0.4) is 0 Å². The van der Waals surface area contributed by atoms with Crippen molar-refractivity contribution in [1.29, 1.82) is 0 Å². The Morgan fingerprint density at radius 2 is 2.12 bits per heavy atom. The maximum Gasteiger partial charge on any atom is 0.311 e. The number of aromatic nitrogens is 1. The summed E-state index contributed by atoms with van der Waals surface area (Å²) in [6.45, 7) is 4.82. The van der Waals surface area contributed by atoms with Crippen LogP contribution in [0.1, 0.15) is 38.5 Å². The Hall–Kier alpha value is -2.60. The van der Waals surface area contributed by atoms with Gasteiger partial charge in [0.05, 0.1) is 5.60 Å². The predicted octanol–water partition coefficient (Wildman–Crippen LogP) is 1.49. The van der Waals surface area contributed by atoms with Crippen molar-refractivity contribution in [3.8, 4) is 0 Å². The van der Waals surface area contributed by atoms with Crippen LogP contribution in [-0.2, 0) is 9.53 Å². The van der Waals surface area contributed by atoms with Gasteiger partial charge in [0.25, 0.3) is 0 Å². The average Bonchev–Trinajstić information content (AvgIpc) is 3.01. The smallest absolute Gasteiger partial charge is 0.311 e. The molecule has 4 heterocycles. The van der Waals surface area contributed by atoms with E-state index in [0.717, 1.165) is 29.8 Å². The van der Waals surface area contributed by atoms with Crippen LogP contribution >= 0.6 is 0 Å². The summed E-state index contributed by atoms with van der Waals surface area (Å²) in [5, 5.41) is 9.65. The van der Waals surface area contributed by atoms with Gasteiger partial charge in [-0.25, -0.2) is 0 Å². The number of amides is 1. The Kier molecular flexibility index (Phi) is 4.28. The molecule has 0 saturated carbocycles. The minimum Gasteiger partial charge on any atom is -0.375 e. The van der Waals surface area contributed by atoms with Crippen LogP contribution < -0.4 is 20.5 Å². The van der Waals surface area contributed by atoms with E-state index in [4.69, 9.17) is 4.74 Å². The number of fused-ring (bicyclic) bond motifs is 1. The normalized spacial score (nSPS) is 26.1. The SMILES string of the molecule is CC1(C)CC(NC(=O)C2NC(=C3C=CNC=C3)c3cccc[n+]32)CCO1. The zero-order chi connectivity index (χ0) is 18.1. The number of carbonyl (C=O) groups excluding carboxylic acids is 1. The number of rotatable bonds is 2. The van der Waals surface area contributed by atoms with Crippen LogP contribution in [-0.4, -0.2) is 24.2 Å². The molecule has 2 atom stereocenters. The Bertz CT molecular complexity index is 796. The molecule has 26 heavy (non-hydrogen) atoms. The molecule has 4 rings (SSSR count). The number of nitrogens with one attached hydrogen (secondary N) is 3. The van der Waals surface area contributed by atoms with E-state index in [0.29, 0.717) is 6.61 Å². The van der Waals surface area contributed by atoms with Crippen molar-refractivity contribution in [2.75, 3.05) is 6.61 Å². The number of allylic oxidation sites excluding steroid dienone is 3. The molecule has 0 radical (unpaired) electrons. The summed E-state index contributed by atoms with van der Waals surface area (Å²) >= 11 is 0. The highest BCUT2D eigenvalue weighted by Gasteiger charge is 2.41. The second-order valence-electron chi connectivity index (χ2n) is 7.51. The van der Waals surface area contributed by atoms with E-state index >= 15 is 0 Å². The fraction of sp³-hybridized carbons (Fsp3) is 0.400. The summed E-state index contributed by atoms with van der Waals surface area (Å²) in [5.74, 6) is -0.0114. The Morgan fingerprint density at radius 1 is 1.31 bits per heavy atom. The molecule has 3 N–H and O–H groups in total. The molecule has 136 valence electrons. The summed E-state index contributed by atoms with van der Waals surface area (Å²) in [7, 11) is 0. The zero-order valence-electron chi connectivity index (χ0n) is 15.2. The van der Waals surface area contributed by atoms with Crippen molar-refractivity contribution < 1.29 is 14.1 Å². The van der Waals surface area contributed by atoms with E-state index in [-0.39, 0.29) is 17.6 Å². The first-order valence-corrected chi connectivity index (χ1v) is 9.08. The van der Waals surface area contributed by atoms with Gasteiger partial charge in [0.15, 0.2) is 6.20 Å². The van der Waals surface area contributed by atoms with Gasteiger partial charge in [-0.15, -0.1) is 0 Å². The third-order valence-electron chi connectivity index (χ3n) is 5.00. The molecular weight excluding hydrogens is 328 g/mol. The van der Waals surface area contributed by atoms with Gasteiger partial charge in [0.1, 0.15) is 5.70 Å². The molecule has 6 heteroatoms. The van der Waals surface area contributed by atoms with Gasteiger partial charge >= 0.3 is 12.1 Å². The van der Waals surface area contributed by atoms with Gasteiger partial charge in [0.2, 0.25) is 5.69 Å². The minimum atomic E-state index is -0.448. The maximum atomic E-state index is 13.0. The van der Waals surface area contributed by atoms with Crippen LogP contribution in [0.5, 0.6) is 0 Å². The predicted molar refractivity (Wildman–Crippen MR) is 98.3 cm³/mol. The third-order valence-corrected chi connectivity index (χ3v) is 5.00. The van der Waals surface area contributed by atoms with Crippen LogP contribution in [0.25, 0.3) is 5.70 Å². The zero-order valence-corrected chi connectivity index (χ0v) is 15.2. The average molecular weight is 353 g/mol. The largest absolute Gasteiger partial charge is 0.375 e. The molecule has 1 aromatic rings. The highest BCUT2D eigenvalue weighted by Crippen LogP contribution is 2.26. The molecule has 6 nitrogen and oxygen atoms in total. The van der Waals surface area contributed by atoms with Gasteiger partial charge in [-0.05, 0) is 44.9 Å².